The van der Waals surface area contributed by atoms with Crippen LogP contribution in [0.15, 0.2) is 29.1 Å². The Morgan fingerprint density at radius 2 is 2.16 bits per heavy atom. The van der Waals surface area contributed by atoms with E-state index in [1.54, 1.807) is 24.3 Å². The van der Waals surface area contributed by atoms with Crippen molar-refractivity contribution in [2.75, 3.05) is 0 Å². The lowest BCUT2D eigenvalue weighted by molar-refractivity contribution is -0.148. The number of benzene rings is 1. The molecule has 0 radical (unpaired) electrons. The molecule has 0 unspecified atom stereocenters. The van der Waals surface area contributed by atoms with Crippen LogP contribution in [0.4, 0.5) is 0 Å². The van der Waals surface area contributed by atoms with Gasteiger partial charge in [0.05, 0.1) is 5.39 Å². The molecule has 0 spiro atoms. The molecule has 100 valence electrons. The minimum absolute atomic E-state index is 0.195. The Morgan fingerprint density at radius 3 is 2.95 bits per heavy atom. The molecule has 0 fully saturated rings. The molecule has 2 rings (SSSR count). The zero-order valence-corrected chi connectivity index (χ0v) is 10.7. The van der Waals surface area contributed by atoms with Crippen molar-refractivity contribution < 1.29 is 9.53 Å². The lowest BCUT2D eigenvalue weighted by Crippen LogP contribution is -2.26. The first-order valence-electron chi connectivity index (χ1n) is 6.20. The van der Waals surface area contributed by atoms with Crippen LogP contribution in [-0.4, -0.2) is 21.0 Å². The van der Waals surface area contributed by atoms with Gasteiger partial charge in [0.1, 0.15) is 5.52 Å². The van der Waals surface area contributed by atoms with Gasteiger partial charge in [0, 0.05) is 6.42 Å². The molecule has 6 nitrogen and oxygen atoms in total. The molecular formula is C13H15N3O3. The average Bonchev–Trinajstić information content (AvgIpc) is 2.44. The van der Waals surface area contributed by atoms with Crippen LogP contribution in [0, 0.1) is 0 Å². The highest BCUT2D eigenvalue weighted by Crippen LogP contribution is 2.03. The largest absolute Gasteiger partial charge is 0.442 e. The second-order valence-corrected chi connectivity index (χ2v) is 4.16. The number of carbonyl (C=O) groups is 1. The number of aromatic nitrogens is 3. The third kappa shape index (κ3) is 3.15. The summed E-state index contributed by atoms with van der Waals surface area (Å²) in [5.41, 5.74) is 0.218. The molecule has 1 heterocycles. The van der Waals surface area contributed by atoms with Gasteiger partial charge in [-0.05, 0) is 18.6 Å². The van der Waals surface area contributed by atoms with E-state index in [0.717, 1.165) is 17.5 Å². The van der Waals surface area contributed by atoms with Crippen molar-refractivity contribution in [3.63, 3.8) is 0 Å². The molecule has 0 aliphatic heterocycles. The Bertz CT molecular complexity index is 636. The van der Waals surface area contributed by atoms with E-state index in [0.29, 0.717) is 17.3 Å². The quantitative estimate of drug-likeness (QED) is 0.762. The lowest BCUT2D eigenvalue weighted by Gasteiger charge is -2.06. The first kappa shape index (κ1) is 13.2. The van der Waals surface area contributed by atoms with Crippen molar-refractivity contribution in [3.05, 3.63) is 34.6 Å². The topological polar surface area (TPSA) is 74.1 Å². The van der Waals surface area contributed by atoms with Gasteiger partial charge in [-0.1, -0.05) is 30.7 Å². The highest BCUT2D eigenvalue weighted by molar-refractivity contribution is 5.76. The van der Waals surface area contributed by atoms with Gasteiger partial charge >= 0.3 is 5.97 Å². The fraction of sp³-hybridized carbons (Fsp3) is 0.385. The van der Waals surface area contributed by atoms with E-state index in [1.165, 1.54) is 0 Å². The van der Waals surface area contributed by atoms with Crippen LogP contribution >= 0.6 is 0 Å². The third-order valence-electron chi connectivity index (χ3n) is 2.71. The molecule has 0 atom stereocenters. The number of unbranched alkanes of at least 4 members (excludes halogenated alkanes) is 1. The van der Waals surface area contributed by atoms with Crippen LogP contribution in [0.1, 0.15) is 26.2 Å². The Hall–Kier alpha value is -2.24. The minimum Gasteiger partial charge on any atom is -0.442 e. The summed E-state index contributed by atoms with van der Waals surface area (Å²) in [6, 6.07) is 6.91. The van der Waals surface area contributed by atoms with Crippen molar-refractivity contribution in [2.24, 2.45) is 0 Å². The molecule has 1 aromatic carbocycles. The van der Waals surface area contributed by atoms with Crippen LogP contribution in [0.5, 0.6) is 0 Å². The standard InChI is InChI=1S/C13H15N3O3/c1-2-3-8-12(17)19-9-16-13(18)10-6-4-5-7-11(10)14-15-16/h4-7H,2-3,8-9H2,1H3. The second kappa shape index (κ2) is 6.08. The predicted molar refractivity (Wildman–Crippen MR) is 69.4 cm³/mol. The van der Waals surface area contributed by atoms with Crippen LogP contribution < -0.4 is 5.56 Å². The van der Waals surface area contributed by atoms with Crippen molar-refractivity contribution in [1.29, 1.82) is 0 Å². The van der Waals surface area contributed by atoms with Gasteiger partial charge in [-0.2, -0.15) is 4.68 Å². The van der Waals surface area contributed by atoms with Crippen molar-refractivity contribution in [3.8, 4) is 0 Å². The second-order valence-electron chi connectivity index (χ2n) is 4.16. The van der Waals surface area contributed by atoms with Gasteiger partial charge in [-0.15, -0.1) is 5.10 Å². The van der Waals surface area contributed by atoms with Crippen LogP contribution in [0.3, 0.4) is 0 Å². The fourth-order valence-corrected chi connectivity index (χ4v) is 1.63. The molecular weight excluding hydrogens is 246 g/mol. The zero-order chi connectivity index (χ0) is 13.7. The van der Waals surface area contributed by atoms with Crippen molar-refractivity contribution in [2.45, 2.75) is 32.9 Å². The van der Waals surface area contributed by atoms with E-state index in [1.807, 2.05) is 6.92 Å². The number of hydrogen-bond donors (Lipinski definition) is 0. The minimum atomic E-state index is -0.330. The van der Waals surface area contributed by atoms with Gasteiger partial charge in [0.15, 0.2) is 6.73 Å². The Kier molecular flexibility index (Phi) is 4.22. The van der Waals surface area contributed by atoms with Crippen molar-refractivity contribution >= 4 is 16.9 Å². The summed E-state index contributed by atoms with van der Waals surface area (Å²) in [5.74, 6) is -0.330. The molecule has 0 bridgehead atoms. The summed E-state index contributed by atoms with van der Waals surface area (Å²) in [6.45, 7) is 1.80. The van der Waals surface area contributed by atoms with E-state index >= 15 is 0 Å². The zero-order valence-electron chi connectivity index (χ0n) is 10.7. The predicted octanol–water partition coefficient (Wildman–Crippen LogP) is 1.48. The Balaban J connectivity index is 2.11. The molecule has 0 aliphatic carbocycles. The Labute approximate surface area is 110 Å². The number of carbonyl (C=O) groups excluding carboxylic acids is 1. The maximum Gasteiger partial charge on any atom is 0.307 e. The summed E-state index contributed by atoms with van der Waals surface area (Å²) in [7, 11) is 0. The maximum absolute atomic E-state index is 12.0. The molecule has 0 saturated carbocycles. The number of fused-ring (bicyclic) bond motifs is 1. The van der Waals surface area contributed by atoms with Gasteiger partial charge in [-0.25, -0.2) is 0 Å². The molecule has 19 heavy (non-hydrogen) atoms. The maximum atomic E-state index is 12.0. The summed E-state index contributed by atoms with van der Waals surface area (Å²) in [5, 5.41) is 8.10. The van der Waals surface area contributed by atoms with Gasteiger partial charge in [0.25, 0.3) is 5.56 Å². The summed E-state index contributed by atoms with van der Waals surface area (Å²) < 4.78 is 6.03. The van der Waals surface area contributed by atoms with E-state index in [2.05, 4.69) is 10.3 Å². The smallest absolute Gasteiger partial charge is 0.307 e. The first-order chi connectivity index (χ1) is 9.22. The highest BCUT2D eigenvalue weighted by Gasteiger charge is 2.07. The number of nitrogens with zero attached hydrogens (tertiary/aromatic N) is 3. The molecule has 0 N–H and O–H groups in total. The molecule has 2 aromatic rings. The normalized spacial score (nSPS) is 10.6. The monoisotopic (exact) mass is 261 g/mol. The van der Waals surface area contributed by atoms with E-state index in [-0.39, 0.29) is 18.3 Å². The fourth-order valence-electron chi connectivity index (χ4n) is 1.63. The lowest BCUT2D eigenvalue weighted by atomic mass is 10.2. The summed E-state index contributed by atoms with van der Waals surface area (Å²) in [6.07, 6.45) is 2.05. The third-order valence-corrected chi connectivity index (χ3v) is 2.71. The molecule has 1 aromatic heterocycles. The van der Waals surface area contributed by atoms with E-state index < -0.39 is 0 Å². The molecule has 0 saturated heterocycles. The summed E-state index contributed by atoms with van der Waals surface area (Å²) in [4.78, 5) is 23.4. The number of hydrogen-bond acceptors (Lipinski definition) is 5. The molecule has 0 amide bonds. The number of ether oxygens (including phenoxy) is 1. The van der Waals surface area contributed by atoms with Crippen LogP contribution in [-0.2, 0) is 16.3 Å². The van der Waals surface area contributed by atoms with Gasteiger partial charge in [0.2, 0.25) is 0 Å². The van der Waals surface area contributed by atoms with Crippen LogP contribution in [0.25, 0.3) is 10.9 Å². The first-order valence-corrected chi connectivity index (χ1v) is 6.20. The number of esters is 1. The van der Waals surface area contributed by atoms with Gasteiger partial charge < -0.3 is 4.74 Å². The van der Waals surface area contributed by atoms with Crippen LogP contribution in [0.2, 0.25) is 0 Å². The van der Waals surface area contributed by atoms with E-state index in [4.69, 9.17) is 4.74 Å². The summed E-state index contributed by atoms with van der Waals surface area (Å²) >= 11 is 0. The van der Waals surface area contributed by atoms with E-state index in [9.17, 15) is 9.59 Å². The molecule has 6 heteroatoms. The highest BCUT2D eigenvalue weighted by atomic mass is 16.5. The Morgan fingerprint density at radius 1 is 1.37 bits per heavy atom. The number of rotatable bonds is 5. The van der Waals surface area contributed by atoms with Gasteiger partial charge in [-0.3, -0.25) is 9.59 Å². The SMILES string of the molecule is CCCCC(=O)OCn1nnc2ccccc2c1=O. The average molecular weight is 261 g/mol. The van der Waals surface area contributed by atoms with Crippen molar-refractivity contribution in [1.82, 2.24) is 15.0 Å². The molecule has 0 aliphatic rings.